The second-order valence-electron chi connectivity index (χ2n) is 3.23. The second-order valence-corrected chi connectivity index (χ2v) is 4.03. The van der Waals surface area contributed by atoms with E-state index < -0.39 is 17.7 Å². The van der Waals surface area contributed by atoms with Crippen LogP contribution in [0.5, 0.6) is 0 Å². The van der Waals surface area contributed by atoms with Gasteiger partial charge in [-0.05, 0) is 18.2 Å². The van der Waals surface area contributed by atoms with Gasteiger partial charge in [-0.25, -0.2) is 9.59 Å². The zero-order valence-electron chi connectivity index (χ0n) is 8.64. The highest BCUT2D eigenvalue weighted by Crippen LogP contribution is 2.15. The summed E-state index contributed by atoms with van der Waals surface area (Å²) in [5.74, 6) is -2.85. The lowest BCUT2D eigenvalue weighted by atomic mass is 9.99. The quantitative estimate of drug-likeness (QED) is 0.641. The number of carboxylic acids is 2. The van der Waals surface area contributed by atoms with Crippen molar-refractivity contribution in [2.24, 2.45) is 0 Å². The third kappa shape index (κ3) is 3.13. The van der Waals surface area contributed by atoms with E-state index in [-0.39, 0.29) is 23.1 Å². The van der Waals surface area contributed by atoms with Gasteiger partial charge >= 0.3 is 11.9 Å². The van der Waals surface area contributed by atoms with Crippen molar-refractivity contribution in [2.45, 2.75) is 6.42 Å². The van der Waals surface area contributed by atoms with Gasteiger partial charge in [0.2, 0.25) is 0 Å². The fourth-order valence-corrected chi connectivity index (χ4v) is 1.68. The van der Waals surface area contributed by atoms with Crippen LogP contribution in [0.4, 0.5) is 0 Å². The zero-order valence-corrected chi connectivity index (χ0v) is 10.2. The summed E-state index contributed by atoms with van der Waals surface area (Å²) in [5, 5.41) is 18.1. The van der Waals surface area contributed by atoms with E-state index >= 15 is 0 Å². The van der Waals surface area contributed by atoms with E-state index in [0.29, 0.717) is 5.33 Å². The van der Waals surface area contributed by atoms with Crippen molar-refractivity contribution in [2.75, 3.05) is 5.33 Å². The van der Waals surface area contributed by atoms with Crippen molar-refractivity contribution < 1.29 is 24.6 Å². The van der Waals surface area contributed by atoms with Crippen LogP contribution in [-0.4, -0.2) is 33.3 Å². The molecule has 17 heavy (non-hydrogen) atoms. The monoisotopic (exact) mass is 300 g/mol. The van der Waals surface area contributed by atoms with Gasteiger partial charge in [-0.15, -0.1) is 0 Å². The predicted octanol–water partition coefficient (Wildman–Crippen LogP) is 2.05. The molecule has 0 atom stereocenters. The minimum Gasteiger partial charge on any atom is -0.478 e. The van der Waals surface area contributed by atoms with Gasteiger partial charge in [0.05, 0.1) is 11.1 Å². The Morgan fingerprint density at radius 3 is 2.18 bits per heavy atom. The maximum Gasteiger partial charge on any atom is 0.336 e. The number of alkyl halides is 1. The standard InChI is InChI=1S/C11H9BrO5/c12-4-3-9(13)8-5-6(10(14)15)1-2-7(8)11(16)17/h1-2,5H,3-4H2,(H,14,15)(H,16,17). The molecule has 2 N–H and O–H groups in total. The van der Waals surface area contributed by atoms with Gasteiger partial charge < -0.3 is 10.2 Å². The first-order valence-electron chi connectivity index (χ1n) is 4.67. The van der Waals surface area contributed by atoms with Crippen molar-refractivity contribution >= 4 is 33.7 Å². The van der Waals surface area contributed by atoms with Crippen LogP contribution in [0.25, 0.3) is 0 Å². The molecule has 0 aliphatic rings. The Balaban J connectivity index is 3.30. The maximum absolute atomic E-state index is 11.7. The van der Waals surface area contributed by atoms with E-state index in [2.05, 4.69) is 15.9 Å². The Labute approximate surface area is 105 Å². The molecule has 0 aliphatic heterocycles. The summed E-state index contributed by atoms with van der Waals surface area (Å²) >= 11 is 3.07. The third-order valence-electron chi connectivity index (χ3n) is 2.12. The van der Waals surface area contributed by atoms with Gasteiger partial charge in [-0.3, -0.25) is 4.79 Å². The van der Waals surface area contributed by atoms with Gasteiger partial charge in [-0.1, -0.05) is 15.9 Å². The summed E-state index contributed by atoms with van der Waals surface area (Å²) in [5.41, 5.74) is -0.356. The fourth-order valence-electron chi connectivity index (χ4n) is 1.31. The van der Waals surface area contributed by atoms with Gasteiger partial charge in [0, 0.05) is 17.3 Å². The van der Waals surface area contributed by atoms with E-state index in [4.69, 9.17) is 10.2 Å². The first-order chi connectivity index (χ1) is 7.97. The number of halogens is 1. The molecule has 1 rings (SSSR count). The van der Waals surface area contributed by atoms with Crippen LogP contribution in [0.15, 0.2) is 18.2 Å². The molecule has 1 aromatic carbocycles. The van der Waals surface area contributed by atoms with Crippen molar-refractivity contribution in [1.82, 2.24) is 0 Å². The van der Waals surface area contributed by atoms with Crippen LogP contribution in [0.3, 0.4) is 0 Å². The molecule has 0 amide bonds. The minimum atomic E-state index is -1.25. The largest absolute Gasteiger partial charge is 0.478 e. The zero-order chi connectivity index (χ0) is 13.0. The van der Waals surface area contributed by atoms with Crippen molar-refractivity contribution in [3.63, 3.8) is 0 Å². The number of ketones is 1. The number of rotatable bonds is 5. The number of Topliss-reactive ketones (excluding diaryl/α,β-unsaturated/α-hetero) is 1. The highest BCUT2D eigenvalue weighted by atomic mass is 79.9. The average Bonchev–Trinajstić information content (AvgIpc) is 2.28. The SMILES string of the molecule is O=C(O)c1ccc(C(=O)O)c(C(=O)CCBr)c1. The van der Waals surface area contributed by atoms with E-state index in [1.54, 1.807) is 0 Å². The van der Waals surface area contributed by atoms with Crippen LogP contribution in [0.2, 0.25) is 0 Å². The Bertz CT molecular complexity index is 481. The van der Waals surface area contributed by atoms with Gasteiger partial charge in [0.1, 0.15) is 0 Å². The highest BCUT2D eigenvalue weighted by molar-refractivity contribution is 9.09. The summed E-state index contributed by atoms with van der Waals surface area (Å²) in [7, 11) is 0. The summed E-state index contributed by atoms with van der Waals surface area (Å²) in [6, 6.07) is 3.39. The lowest BCUT2D eigenvalue weighted by molar-refractivity contribution is 0.0678. The van der Waals surface area contributed by atoms with Crippen LogP contribution in [0.1, 0.15) is 37.5 Å². The Kier molecular flexibility index (Phi) is 4.39. The fraction of sp³-hybridized carbons (Fsp3) is 0.182. The molecule has 5 nitrogen and oxygen atoms in total. The summed E-state index contributed by atoms with van der Waals surface area (Å²) in [6.45, 7) is 0. The lowest BCUT2D eigenvalue weighted by Crippen LogP contribution is -2.11. The number of benzene rings is 1. The molecule has 0 unspecified atom stereocenters. The summed E-state index contributed by atoms with van der Waals surface area (Å²) in [6.07, 6.45) is 0.114. The predicted molar refractivity (Wildman–Crippen MR) is 63.1 cm³/mol. The van der Waals surface area contributed by atoms with E-state index in [0.717, 1.165) is 18.2 Å². The Hall–Kier alpha value is -1.69. The summed E-state index contributed by atoms with van der Waals surface area (Å²) < 4.78 is 0. The molecule has 0 bridgehead atoms. The van der Waals surface area contributed by atoms with E-state index in [1.807, 2.05) is 0 Å². The van der Waals surface area contributed by atoms with Crippen molar-refractivity contribution in [3.8, 4) is 0 Å². The third-order valence-corrected chi connectivity index (χ3v) is 2.52. The molecule has 0 fully saturated rings. The van der Waals surface area contributed by atoms with Crippen molar-refractivity contribution in [1.29, 1.82) is 0 Å². The minimum absolute atomic E-state index is 0.0724. The molecule has 0 aliphatic carbocycles. The number of carbonyl (C=O) groups excluding carboxylic acids is 1. The van der Waals surface area contributed by atoms with Crippen LogP contribution < -0.4 is 0 Å². The van der Waals surface area contributed by atoms with Crippen molar-refractivity contribution in [3.05, 3.63) is 34.9 Å². The molecular formula is C11H9BrO5. The molecule has 0 radical (unpaired) electrons. The van der Waals surface area contributed by atoms with Gasteiger partial charge in [-0.2, -0.15) is 0 Å². The first kappa shape index (κ1) is 13.4. The second kappa shape index (κ2) is 5.58. The normalized spacial score (nSPS) is 9.94. The number of aromatic carboxylic acids is 2. The lowest BCUT2D eigenvalue weighted by Gasteiger charge is -2.05. The number of carbonyl (C=O) groups is 3. The average molecular weight is 301 g/mol. The molecule has 0 aromatic heterocycles. The van der Waals surface area contributed by atoms with Gasteiger partial charge in [0.15, 0.2) is 5.78 Å². The topological polar surface area (TPSA) is 91.7 Å². The number of hydrogen-bond donors (Lipinski definition) is 2. The molecule has 0 saturated heterocycles. The smallest absolute Gasteiger partial charge is 0.336 e. The maximum atomic E-state index is 11.7. The van der Waals surface area contributed by atoms with E-state index in [1.165, 1.54) is 0 Å². The molecule has 90 valence electrons. The molecule has 1 aromatic rings. The molecule has 6 heteroatoms. The number of hydrogen-bond acceptors (Lipinski definition) is 3. The molecule has 0 saturated carbocycles. The van der Waals surface area contributed by atoms with Gasteiger partial charge in [0.25, 0.3) is 0 Å². The van der Waals surface area contributed by atoms with Crippen LogP contribution >= 0.6 is 15.9 Å². The molecule has 0 heterocycles. The van der Waals surface area contributed by atoms with Crippen LogP contribution in [0, 0.1) is 0 Å². The first-order valence-corrected chi connectivity index (χ1v) is 5.79. The molecular weight excluding hydrogens is 292 g/mol. The van der Waals surface area contributed by atoms with E-state index in [9.17, 15) is 14.4 Å². The summed E-state index contributed by atoms with van der Waals surface area (Å²) in [4.78, 5) is 33.3. The molecule has 0 spiro atoms. The number of carboxylic acid groups (broad SMARTS) is 2. The Morgan fingerprint density at radius 2 is 1.71 bits per heavy atom. The Morgan fingerprint density at radius 1 is 1.06 bits per heavy atom. The van der Waals surface area contributed by atoms with Crippen LogP contribution in [-0.2, 0) is 0 Å². The highest BCUT2D eigenvalue weighted by Gasteiger charge is 2.18.